The molecule has 0 saturated carbocycles. The zero-order valence-corrected chi connectivity index (χ0v) is 17.0. The normalized spacial score (nSPS) is 11.1. The van der Waals surface area contributed by atoms with Crippen LogP contribution in [0.2, 0.25) is 0 Å². The van der Waals surface area contributed by atoms with Crippen molar-refractivity contribution in [2.24, 2.45) is 0 Å². The molecule has 0 radical (unpaired) electrons. The summed E-state index contributed by atoms with van der Waals surface area (Å²) in [5.41, 5.74) is 3.27. The number of nitrogens with one attached hydrogen (secondary N) is 1. The van der Waals surface area contributed by atoms with Crippen LogP contribution in [0.15, 0.2) is 42.5 Å². The summed E-state index contributed by atoms with van der Waals surface area (Å²) in [7, 11) is -2.00. The van der Waals surface area contributed by atoms with Gasteiger partial charge in [0.05, 0.1) is 19.1 Å². The van der Waals surface area contributed by atoms with Crippen LogP contribution in [0.25, 0.3) is 0 Å². The van der Waals surface area contributed by atoms with Gasteiger partial charge in [-0.1, -0.05) is 30.3 Å². The number of aryl methyl sites for hydroxylation is 2. The monoisotopic (exact) mass is 390 g/mol. The van der Waals surface area contributed by atoms with E-state index in [0.717, 1.165) is 23.1 Å². The van der Waals surface area contributed by atoms with Gasteiger partial charge in [-0.15, -0.1) is 0 Å². The Balaban J connectivity index is 2.05. The molecule has 6 nitrogen and oxygen atoms in total. The average molecular weight is 391 g/mol. The third-order valence-electron chi connectivity index (χ3n) is 4.26. The summed E-state index contributed by atoms with van der Waals surface area (Å²) in [5, 5.41) is 2.92. The van der Waals surface area contributed by atoms with Crippen molar-refractivity contribution in [3.05, 3.63) is 53.6 Å². The molecule has 2 aromatic rings. The van der Waals surface area contributed by atoms with Crippen molar-refractivity contribution in [2.75, 3.05) is 29.5 Å². The Bertz CT molecular complexity index is 890. The Morgan fingerprint density at radius 2 is 1.70 bits per heavy atom. The fourth-order valence-corrected chi connectivity index (χ4v) is 3.87. The van der Waals surface area contributed by atoms with Gasteiger partial charge in [-0.3, -0.25) is 9.10 Å². The first-order valence-electron chi connectivity index (χ1n) is 8.71. The van der Waals surface area contributed by atoms with Gasteiger partial charge in [0.1, 0.15) is 5.75 Å². The fraction of sp³-hybridized carbons (Fsp3) is 0.350. The maximum atomic E-state index is 12.3. The first-order valence-corrected chi connectivity index (χ1v) is 10.6. The van der Waals surface area contributed by atoms with Gasteiger partial charge in [-0.25, -0.2) is 8.42 Å². The molecule has 0 atom stereocenters. The predicted molar refractivity (Wildman–Crippen MR) is 109 cm³/mol. The van der Waals surface area contributed by atoms with Crippen molar-refractivity contribution >= 4 is 27.3 Å². The summed E-state index contributed by atoms with van der Waals surface area (Å²) in [6.07, 6.45) is 1.76. The van der Waals surface area contributed by atoms with Crippen LogP contribution in [-0.4, -0.2) is 34.2 Å². The third kappa shape index (κ3) is 5.47. The van der Waals surface area contributed by atoms with Crippen LogP contribution >= 0.6 is 0 Å². The largest absolute Gasteiger partial charge is 0.495 e. The summed E-state index contributed by atoms with van der Waals surface area (Å²) < 4.78 is 31.0. The maximum absolute atomic E-state index is 12.3. The lowest BCUT2D eigenvalue weighted by atomic mass is 10.1. The van der Waals surface area contributed by atoms with E-state index >= 15 is 0 Å². The van der Waals surface area contributed by atoms with Crippen LogP contribution in [0, 0.1) is 13.8 Å². The van der Waals surface area contributed by atoms with Gasteiger partial charge in [-0.2, -0.15) is 0 Å². The summed E-state index contributed by atoms with van der Waals surface area (Å²) >= 11 is 0. The highest BCUT2D eigenvalue weighted by Gasteiger charge is 2.21. The van der Waals surface area contributed by atoms with Gasteiger partial charge < -0.3 is 10.1 Å². The molecule has 0 heterocycles. The third-order valence-corrected chi connectivity index (χ3v) is 5.44. The summed E-state index contributed by atoms with van der Waals surface area (Å²) in [4.78, 5) is 12.3. The zero-order valence-electron chi connectivity index (χ0n) is 16.2. The van der Waals surface area contributed by atoms with E-state index in [1.807, 2.05) is 32.0 Å². The molecule has 0 aliphatic heterocycles. The van der Waals surface area contributed by atoms with Crippen molar-refractivity contribution in [3.8, 4) is 5.75 Å². The number of anilines is 2. The SMILES string of the molecule is COc1ccccc1N(CCCC(=O)Nc1c(C)cccc1C)S(C)(=O)=O. The van der Waals surface area contributed by atoms with Gasteiger partial charge in [0.2, 0.25) is 15.9 Å². The van der Waals surface area contributed by atoms with E-state index in [4.69, 9.17) is 4.74 Å². The standard InChI is InChI=1S/C20H26N2O4S/c1-15-9-7-10-16(2)20(15)21-19(23)13-8-14-22(27(4,24)25)17-11-5-6-12-18(17)26-3/h5-7,9-12H,8,13-14H2,1-4H3,(H,21,23). The number of rotatable bonds is 8. The second-order valence-electron chi connectivity index (χ2n) is 6.43. The van der Waals surface area contributed by atoms with Gasteiger partial charge in [-0.05, 0) is 43.5 Å². The molecule has 0 saturated heterocycles. The summed E-state index contributed by atoms with van der Waals surface area (Å²) in [5.74, 6) is 0.337. The van der Waals surface area contributed by atoms with Crippen LogP contribution in [0.4, 0.5) is 11.4 Å². The van der Waals surface area contributed by atoms with E-state index in [1.54, 1.807) is 24.3 Å². The van der Waals surface area contributed by atoms with E-state index in [9.17, 15) is 13.2 Å². The fourth-order valence-electron chi connectivity index (χ4n) is 2.90. The molecule has 0 aromatic heterocycles. The van der Waals surface area contributed by atoms with Crippen molar-refractivity contribution < 1.29 is 17.9 Å². The van der Waals surface area contributed by atoms with Gasteiger partial charge in [0.15, 0.2) is 0 Å². The molecular formula is C20H26N2O4S. The van der Waals surface area contributed by atoms with Gasteiger partial charge in [0, 0.05) is 18.7 Å². The van der Waals surface area contributed by atoms with Gasteiger partial charge in [0.25, 0.3) is 0 Å². The number of benzene rings is 2. The minimum atomic E-state index is -3.50. The van der Waals surface area contributed by atoms with Crippen molar-refractivity contribution in [3.63, 3.8) is 0 Å². The van der Waals surface area contributed by atoms with E-state index in [0.29, 0.717) is 17.9 Å². The number of hydrogen-bond acceptors (Lipinski definition) is 4. The van der Waals surface area contributed by atoms with E-state index < -0.39 is 10.0 Å². The van der Waals surface area contributed by atoms with Crippen LogP contribution in [0.1, 0.15) is 24.0 Å². The molecule has 7 heteroatoms. The van der Waals surface area contributed by atoms with Crippen molar-refractivity contribution in [1.82, 2.24) is 0 Å². The van der Waals surface area contributed by atoms with Crippen LogP contribution in [0.5, 0.6) is 5.75 Å². The van der Waals surface area contributed by atoms with Crippen molar-refractivity contribution in [1.29, 1.82) is 0 Å². The Hall–Kier alpha value is -2.54. The Labute approximate surface area is 161 Å². The molecule has 0 fully saturated rings. The number of methoxy groups -OCH3 is 1. The lowest BCUT2D eigenvalue weighted by Gasteiger charge is -2.24. The number of amides is 1. The first kappa shape index (κ1) is 20.8. The minimum absolute atomic E-state index is 0.138. The molecule has 0 aliphatic carbocycles. The molecule has 0 spiro atoms. The van der Waals surface area contributed by atoms with Crippen LogP contribution in [-0.2, 0) is 14.8 Å². The van der Waals surface area contributed by atoms with Crippen LogP contribution < -0.4 is 14.4 Å². The molecule has 0 bridgehead atoms. The lowest BCUT2D eigenvalue weighted by Crippen LogP contribution is -2.31. The maximum Gasteiger partial charge on any atom is 0.232 e. The molecule has 0 unspecified atom stereocenters. The van der Waals surface area contributed by atoms with E-state index in [1.165, 1.54) is 11.4 Å². The molecule has 0 aliphatic rings. The summed E-state index contributed by atoms with van der Waals surface area (Å²) in [6, 6.07) is 12.8. The highest BCUT2D eigenvalue weighted by molar-refractivity contribution is 7.92. The Morgan fingerprint density at radius 3 is 2.30 bits per heavy atom. The highest BCUT2D eigenvalue weighted by Crippen LogP contribution is 2.29. The minimum Gasteiger partial charge on any atom is -0.495 e. The molecular weight excluding hydrogens is 364 g/mol. The lowest BCUT2D eigenvalue weighted by molar-refractivity contribution is -0.116. The number of ether oxygens (including phenoxy) is 1. The second-order valence-corrected chi connectivity index (χ2v) is 8.33. The number of hydrogen-bond donors (Lipinski definition) is 1. The first-order chi connectivity index (χ1) is 12.7. The predicted octanol–water partition coefficient (Wildman–Crippen LogP) is 3.50. The Kier molecular flexibility index (Phi) is 6.85. The number of sulfonamides is 1. The molecule has 27 heavy (non-hydrogen) atoms. The quantitative estimate of drug-likeness (QED) is 0.749. The average Bonchev–Trinajstić information content (AvgIpc) is 2.61. The summed E-state index contributed by atoms with van der Waals surface area (Å²) in [6.45, 7) is 4.07. The second kappa shape index (κ2) is 8.90. The molecule has 2 rings (SSSR count). The number of carbonyl (C=O) groups excluding carboxylic acids is 1. The molecule has 1 N–H and O–H groups in total. The number of nitrogens with zero attached hydrogens (tertiary/aromatic N) is 1. The highest BCUT2D eigenvalue weighted by atomic mass is 32.2. The smallest absolute Gasteiger partial charge is 0.232 e. The van der Waals surface area contributed by atoms with Crippen LogP contribution in [0.3, 0.4) is 0 Å². The van der Waals surface area contributed by atoms with Crippen molar-refractivity contribution in [2.45, 2.75) is 26.7 Å². The van der Waals surface area contributed by atoms with E-state index in [2.05, 4.69) is 5.32 Å². The number of carbonyl (C=O) groups is 1. The number of para-hydroxylation sites is 3. The Morgan fingerprint density at radius 1 is 1.07 bits per heavy atom. The van der Waals surface area contributed by atoms with Gasteiger partial charge >= 0.3 is 0 Å². The molecule has 1 amide bonds. The zero-order chi connectivity index (χ0) is 20.0. The topological polar surface area (TPSA) is 75.7 Å². The molecule has 2 aromatic carbocycles. The molecule has 146 valence electrons. The van der Waals surface area contributed by atoms with E-state index in [-0.39, 0.29) is 18.9 Å².